The quantitative estimate of drug-likeness (QED) is 0.610. The van der Waals surface area contributed by atoms with E-state index in [4.69, 9.17) is 5.11 Å². The molecule has 3 N–H and O–H groups in total. The Morgan fingerprint density at radius 1 is 1.25 bits per heavy atom. The van der Waals surface area contributed by atoms with E-state index in [9.17, 15) is 9.90 Å². The fourth-order valence-electron chi connectivity index (χ4n) is 3.33. The molecule has 2 fully saturated rings. The minimum absolute atomic E-state index is 0.259. The Balaban J connectivity index is 1.55. The van der Waals surface area contributed by atoms with Crippen molar-refractivity contribution in [2.24, 2.45) is 5.92 Å². The van der Waals surface area contributed by atoms with E-state index in [1.807, 2.05) is 0 Å². The fourth-order valence-corrected chi connectivity index (χ4v) is 3.33. The summed E-state index contributed by atoms with van der Waals surface area (Å²) in [6.45, 7) is 5.15. The lowest BCUT2D eigenvalue weighted by atomic mass is 9.79. The topological polar surface area (TPSA) is 72.8 Å². The molecule has 2 rings (SSSR count). The lowest BCUT2D eigenvalue weighted by Gasteiger charge is -2.34. The van der Waals surface area contributed by atoms with E-state index in [0.29, 0.717) is 32.2 Å². The zero-order valence-corrected chi connectivity index (χ0v) is 12.3. The van der Waals surface area contributed by atoms with Crippen molar-refractivity contribution >= 4 is 5.97 Å². The molecule has 5 heteroatoms. The first-order valence-corrected chi connectivity index (χ1v) is 7.97. The second-order valence-electron chi connectivity index (χ2n) is 6.42. The number of carbonyl (C=O) groups is 1. The van der Waals surface area contributed by atoms with Crippen LogP contribution in [-0.4, -0.2) is 59.4 Å². The molecule has 0 amide bonds. The molecule has 1 aliphatic heterocycles. The van der Waals surface area contributed by atoms with E-state index in [0.717, 1.165) is 19.5 Å². The molecule has 0 aromatic carbocycles. The number of rotatable bonds is 7. The van der Waals surface area contributed by atoms with Gasteiger partial charge in [-0.3, -0.25) is 4.79 Å². The number of nitrogens with zero attached hydrogens (tertiary/aromatic N) is 1. The summed E-state index contributed by atoms with van der Waals surface area (Å²) in [5.41, 5.74) is -0.695. The summed E-state index contributed by atoms with van der Waals surface area (Å²) in [5, 5.41) is 22.7. The van der Waals surface area contributed by atoms with Gasteiger partial charge in [0.05, 0.1) is 11.5 Å². The summed E-state index contributed by atoms with van der Waals surface area (Å²) in [7, 11) is 0. The molecule has 1 saturated carbocycles. The van der Waals surface area contributed by atoms with Crippen molar-refractivity contribution in [1.29, 1.82) is 0 Å². The van der Waals surface area contributed by atoms with E-state index in [2.05, 4.69) is 10.2 Å². The van der Waals surface area contributed by atoms with E-state index in [-0.39, 0.29) is 5.92 Å². The van der Waals surface area contributed by atoms with Crippen LogP contribution < -0.4 is 5.32 Å². The molecule has 0 radical (unpaired) electrons. The SMILES string of the molecule is O=C(O)C1CCC(O)(CNCCCN2CCCC2)CC1. The Labute approximate surface area is 121 Å². The van der Waals surface area contributed by atoms with Crippen LogP contribution in [0.2, 0.25) is 0 Å². The number of likely N-dealkylation sites (tertiary alicyclic amines) is 1. The highest BCUT2D eigenvalue weighted by Gasteiger charge is 2.35. The first-order chi connectivity index (χ1) is 9.59. The van der Waals surface area contributed by atoms with E-state index >= 15 is 0 Å². The predicted molar refractivity (Wildman–Crippen MR) is 77.7 cm³/mol. The minimum atomic E-state index is -0.717. The van der Waals surface area contributed by atoms with Crippen molar-refractivity contribution in [3.8, 4) is 0 Å². The van der Waals surface area contributed by atoms with Crippen LogP contribution in [0.4, 0.5) is 0 Å². The van der Waals surface area contributed by atoms with Gasteiger partial charge < -0.3 is 20.4 Å². The van der Waals surface area contributed by atoms with Crippen molar-refractivity contribution in [1.82, 2.24) is 10.2 Å². The minimum Gasteiger partial charge on any atom is -0.481 e. The van der Waals surface area contributed by atoms with Gasteiger partial charge in [-0.2, -0.15) is 0 Å². The van der Waals surface area contributed by atoms with Crippen LogP contribution in [0, 0.1) is 5.92 Å². The summed E-state index contributed by atoms with van der Waals surface area (Å²) in [5.74, 6) is -0.976. The van der Waals surface area contributed by atoms with Crippen LogP contribution in [-0.2, 0) is 4.79 Å². The van der Waals surface area contributed by atoms with Crippen molar-refractivity contribution in [2.45, 2.75) is 50.5 Å². The maximum atomic E-state index is 10.9. The van der Waals surface area contributed by atoms with Crippen LogP contribution in [0.1, 0.15) is 44.9 Å². The Morgan fingerprint density at radius 3 is 2.50 bits per heavy atom. The van der Waals surface area contributed by atoms with Gasteiger partial charge in [-0.15, -0.1) is 0 Å². The molecular weight excluding hydrogens is 256 g/mol. The smallest absolute Gasteiger partial charge is 0.306 e. The molecule has 0 unspecified atom stereocenters. The molecule has 116 valence electrons. The average molecular weight is 284 g/mol. The third-order valence-corrected chi connectivity index (χ3v) is 4.75. The monoisotopic (exact) mass is 284 g/mol. The summed E-state index contributed by atoms with van der Waals surface area (Å²) in [6.07, 6.45) is 6.18. The van der Waals surface area contributed by atoms with Gasteiger partial charge in [-0.05, 0) is 71.1 Å². The molecule has 0 atom stereocenters. The predicted octanol–water partition coefficient (Wildman–Crippen LogP) is 1.07. The third kappa shape index (κ3) is 4.72. The number of hydrogen-bond donors (Lipinski definition) is 3. The number of carboxylic acid groups (broad SMARTS) is 1. The summed E-state index contributed by atoms with van der Waals surface area (Å²) >= 11 is 0. The normalized spacial score (nSPS) is 31.6. The lowest BCUT2D eigenvalue weighted by molar-refractivity contribution is -0.144. The molecule has 1 heterocycles. The first kappa shape index (κ1) is 15.7. The third-order valence-electron chi connectivity index (χ3n) is 4.75. The molecule has 20 heavy (non-hydrogen) atoms. The van der Waals surface area contributed by atoms with Gasteiger partial charge in [-0.1, -0.05) is 0 Å². The van der Waals surface area contributed by atoms with Crippen LogP contribution in [0.5, 0.6) is 0 Å². The fraction of sp³-hybridized carbons (Fsp3) is 0.933. The summed E-state index contributed by atoms with van der Waals surface area (Å²) < 4.78 is 0. The number of carboxylic acids is 1. The van der Waals surface area contributed by atoms with Crippen molar-refractivity contribution in [3.63, 3.8) is 0 Å². The van der Waals surface area contributed by atoms with Crippen LogP contribution >= 0.6 is 0 Å². The second kappa shape index (κ2) is 7.38. The molecule has 0 bridgehead atoms. The van der Waals surface area contributed by atoms with E-state index in [1.54, 1.807) is 0 Å². The Hall–Kier alpha value is -0.650. The zero-order chi connectivity index (χ0) is 14.4. The van der Waals surface area contributed by atoms with E-state index < -0.39 is 11.6 Å². The number of nitrogens with one attached hydrogen (secondary N) is 1. The largest absolute Gasteiger partial charge is 0.481 e. The van der Waals surface area contributed by atoms with Gasteiger partial charge in [0.25, 0.3) is 0 Å². The van der Waals surface area contributed by atoms with Crippen molar-refractivity contribution in [3.05, 3.63) is 0 Å². The van der Waals surface area contributed by atoms with Gasteiger partial charge in [0.1, 0.15) is 0 Å². The highest BCUT2D eigenvalue weighted by Crippen LogP contribution is 2.31. The molecule has 1 aliphatic carbocycles. The highest BCUT2D eigenvalue weighted by molar-refractivity contribution is 5.70. The van der Waals surface area contributed by atoms with Gasteiger partial charge in [0, 0.05) is 6.54 Å². The van der Waals surface area contributed by atoms with Gasteiger partial charge in [-0.25, -0.2) is 0 Å². The second-order valence-corrected chi connectivity index (χ2v) is 6.42. The Morgan fingerprint density at radius 2 is 1.90 bits per heavy atom. The van der Waals surface area contributed by atoms with Gasteiger partial charge in [0.15, 0.2) is 0 Å². The molecule has 2 aliphatic rings. The van der Waals surface area contributed by atoms with E-state index in [1.165, 1.54) is 25.9 Å². The zero-order valence-electron chi connectivity index (χ0n) is 12.3. The maximum absolute atomic E-state index is 10.9. The van der Waals surface area contributed by atoms with Gasteiger partial charge in [0.2, 0.25) is 0 Å². The molecule has 0 aromatic rings. The maximum Gasteiger partial charge on any atom is 0.306 e. The number of aliphatic carboxylic acids is 1. The Bertz CT molecular complexity index is 308. The van der Waals surface area contributed by atoms with Crippen LogP contribution in [0.15, 0.2) is 0 Å². The summed E-state index contributed by atoms with van der Waals surface area (Å²) in [6, 6.07) is 0. The van der Waals surface area contributed by atoms with Crippen molar-refractivity contribution in [2.75, 3.05) is 32.7 Å². The molecule has 0 spiro atoms. The molecular formula is C15H28N2O3. The van der Waals surface area contributed by atoms with Crippen molar-refractivity contribution < 1.29 is 15.0 Å². The van der Waals surface area contributed by atoms with Crippen LogP contribution in [0.25, 0.3) is 0 Å². The Kier molecular flexibility index (Phi) is 5.81. The number of hydrogen-bond acceptors (Lipinski definition) is 4. The standard InChI is InChI=1S/C15H28N2O3/c18-14(19)13-4-6-15(20,7-5-13)12-16-8-3-11-17-9-1-2-10-17/h13,16,20H,1-12H2,(H,18,19). The van der Waals surface area contributed by atoms with Gasteiger partial charge >= 0.3 is 5.97 Å². The molecule has 1 saturated heterocycles. The molecule has 5 nitrogen and oxygen atoms in total. The number of aliphatic hydroxyl groups is 1. The lowest BCUT2D eigenvalue weighted by Crippen LogP contribution is -2.44. The summed E-state index contributed by atoms with van der Waals surface area (Å²) in [4.78, 5) is 13.4. The van der Waals surface area contributed by atoms with Crippen LogP contribution in [0.3, 0.4) is 0 Å². The first-order valence-electron chi connectivity index (χ1n) is 7.97. The average Bonchev–Trinajstić information content (AvgIpc) is 2.92. The molecule has 0 aromatic heterocycles. The highest BCUT2D eigenvalue weighted by atomic mass is 16.4.